The Morgan fingerprint density at radius 1 is 1.21 bits per heavy atom. The molecule has 1 atom stereocenters. The van der Waals surface area contributed by atoms with Crippen molar-refractivity contribution in [3.63, 3.8) is 0 Å². The van der Waals surface area contributed by atoms with Crippen LogP contribution in [0.15, 0.2) is 46.9 Å². The fourth-order valence-electron chi connectivity index (χ4n) is 1.91. The fraction of sp³-hybridized carbons (Fsp3) is 0.200. The molecule has 2 rings (SSSR count). The Balaban J connectivity index is 2.31. The minimum absolute atomic E-state index is 0.309. The predicted molar refractivity (Wildman–Crippen MR) is 77.7 cm³/mol. The molecule has 1 unspecified atom stereocenters. The van der Waals surface area contributed by atoms with E-state index < -0.39 is 6.04 Å². The first kappa shape index (κ1) is 14.0. The molecule has 0 aromatic heterocycles. The summed E-state index contributed by atoms with van der Waals surface area (Å²) >= 11 is 3.34. The van der Waals surface area contributed by atoms with Crippen LogP contribution in [-0.4, -0.2) is 6.61 Å². The fourth-order valence-corrected chi connectivity index (χ4v) is 2.50. The van der Waals surface area contributed by atoms with Crippen LogP contribution in [-0.2, 0) is 0 Å². The molecule has 0 aliphatic rings. The maximum Gasteiger partial charge on any atom is 0.129 e. The SMILES string of the molecule is CCOc1ccc(C(N)c2c(F)cccc2Br)cc1. The van der Waals surface area contributed by atoms with Crippen molar-refractivity contribution in [2.45, 2.75) is 13.0 Å². The molecule has 0 aliphatic heterocycles. The highest BCUT2D eigenvalue weighted by molar-refractivity contribution is 9.10. The molecule has 0 fully saturated rings. The van der Waals surface area contributed by atoms with Crippen molar-refractivity contribution in [2.24, 2.45) is 5.73 Å². The summed E-state index contributed by atoms with van der Waals surface area (Å²) in [6.45, 7) is 2.54. The molecule has 0 bridgehead atoms. The van der Waals surface area contributed by atoms with E-state index in [1.165, 1.54) is 6.07 Å². The van der Waals surface area contributed by atoms with Crippen molar-refractivity contribution in [3.8, 4) is 5.75 Å². The van der Waals surface area contributed by atoms with Crippen LogP contribution in [0.1, 0.15) is 24.1 Å². The molecule has 100 valence electrons. The van der Waals surface area contributed by atoms with Gasteiger partial charge in [-0.2, -0.15) is 0 Å². The zero-order chi connectivity index (χ0) is 13.8. The number of ether oxygens (including phenoxy) is 1. The van der Waals surface area contributed by atoms with E-state index in [2.05, 4.69) is 15.9 Å². The first-order valence-corrected chi connectivity index (χ1v) is 6.85. The van der Waals surface area contributed by atoms with Crippen LogP contribution in [0.25, 0.3) is 0 Å². The largest absolute Gasteiger partial charge is 0.494 e. The van der Waals surface area contributed by atoms with Gasteiger partial charge in [-0.3, -0.25) is 0 Å². The van der Waals surface area contributed by atoms with Crippen molar-refractivity contribution in [3.05, 3.63) is 63.9 Å². The average molecular weight is 324 g/mol. The third-order valence-corrected chi connectivity index (χ3v) is 3.55. The quantitative estimate of drug-likeness (QED) is 0.921. The Bertz CT molecular complexity index is 536. The first-order valence-electron chi connectivity index (χ1n) is 6.05. The Kier molecular flexibility index (Phi) is 4.56. The van der Waals surface area contributed by atoms with E-state index in [1.54, 1.807) is 12.1 Å². The van der Waals surface area contributed by atoms with Gasteiger partial charge in [-0.15, -0.1) is 0 Å². The molecule has 0 spiro atoms. The van der Waals surface area contributed by atoms with Gasteiger partial charge >= 0.3 is 0 Å². The van der Waals surface area contributed by atoms with Crippen LogP contribution >= 0.6 is 15.9 Å². The Labute approximate surface area is 120 Å². The zero-order valence-electron chi connectivity index (χ0n) is 10.6. The van der Waals surface area contributed by atoms with Gasteiger partial charge in [0, 0.05) is 10.0 Å². The van der Waals surface area contributed by atoms with Gasteiger partial charge in [0.25, 0.3) is 0 Å². The summed E-state index contributed by atoms with van der Waals surface area (Å²) in [7, 11) is 0. The molecule has 4 heteroatoms. The highest BCUT2D eigenvalue weighted by atomic mass is 79.9. The summed E-state index contributed by atoms with van der Waals surface area (Å²) in [5, 5.41) is 0. The van der Waals surface area contributed by atoms with Crippen LogP contribution < -0.4 is 10.5 Å². The Morgan fingerprint density at radius 3 is 2.47 bits per heavy atom. The third-order valence-electron chi connectivity index (χ3n) is 2.86. The molecule has 0 saturated heterocycles. The normalized spacial score (nSPS) is 12.2. The van der Waals surface area contributed by atoms with Gasteiger partial charge in [0.15, 0.2) is 0 Å². The summed E-state index contributed by atoms with van der Waals surface area (Å²) in [5.41, 5.74) is 7.44. The lowest BCUT2D eigenvalue weighted by Gasteiger charge is -2.15. The van der Waals surface area contributed by atoms with Crippen molar-refractivity contribution < 1.29 is 9.13 Å². The second-order valence-corrected chi connectivity index (χ2v) is 4.97. The highest BCUT2D eigenvalue weighted by Gasteiger charge is 2.16. The molecular formula is C15H15BrFNO. The van der Waals surface area contributed by atoms with Crippen LogP contribution in [0.2, 0.25) is 0 Å². The zero-order valence-corrected chi connectivity index (χ0v) is 12.2. The van der Waals surface area contributed by atoms with Gasteiger partial charge < -0.3 is 10.5 Å². The summed E-state index contributed by atoms with van der Waals surface area (Å²) in [5.74, 6) is 0.474. The third kappa shape index (κ3) is 3.14. The van der Waals surface area contributed by atoms with E-state index in [0.29, 0.717) is 16.6 Å². The molecule has 0 amide bonds. The summed E-state index contributed by atoms with van der Waals surface area (Å²) < 4.78 is 19.9. The van der Waals surface area contributed by atoms with Gasteiger partial charge in [0.2, 0.25) is 0 Å². The summed E-state index contributed by atoms with van der Waals surface area (Å²) in [6.07, 6.45) is 0. The van der Waals surface area contributed by atoms with Crippen molar-refractivity contribution in [1.82, 2.24) is 0 Å². The molecule has 0 aliphatic carbocycles. The molecular weight excluding hydrogens is 309 g/mol. The van der Waals surface area contributed by atoms with Crippen molar-refractivity contribution in [2.75, 3.05) is 6.61 Å². The molecule has 2 aromatic rings. The molecule has 0 heterocycles. The Morgan fingerprint density at radius 2 is 1.89 bits per heavy atom. The van der Waals surface area contributed by atoms with E-state index in [0.717, 1.165) is 11.3 Å². The minimum Gasteiger partial charge on any atom is -0.494 e. The van der Waals surface area contributed by atoms with Gasteiger partial charge in [-0.05, 0) is 36.8 Å². The second-order valence-electron chi connectivity index (χ2n) is 4.12. The molecule has 0 saturated carbocycles. The summed E-state index contributed by atoms with van der Waals surface area (Å²) in [4.78, 5) is 0. The first-order chi connectivity index (χ1) is 9.13. The standard InChI is InChI=1S/C15H15BrFNO/c1-2-19-11-8-6-10(7-9-11)15(18)14-12(16)4-3-5-13(14)17/h3-9,15H,2,18H2,1H3. The predicted octanol–water partition coefficient (Wildman–Crippen LogP) is 4.04. The number of benzene rings is 2. The molecule has 0 radical (unpaired) electrons. The maximum absolute atomic E-state index is 13.9. The lowest BCUT2D eigenvalue weighted by Crippen LogP contribution is -2.14. The minimum atomic E-state index is -0.508. The van der Waals surface area contributed by atoms with E-state index in [4.69, 9.17) is 10.5 Å². The van der Waals surface area contributed by atoms with E-state index in [-0.39, 0.29) is 5.82 Å². The van der Waals surface area contributed by atoms with E-state index in [1.807, 2.05) is 31.2 Å². The van der Waals surface area contributed by atoms with E-state index in [9.17, 15) is 4.39 Å². The summed E-state index contributed by atoms with van der Waals surface area (Å²) in [6, 6.07) is 11.7. The lowest BCUT2D eigenvalue weighted by molar-refractivity contribution is 0.340. The number of hydrogen-bond donors (Lipinski definition) is 1. The van der Waals surface area contributed by atoms with Gasteiger partial charge in [-0.25, -0.2) is 4.39 Å². The number of nitrogens with two attached hydrogens (primary N) is 1. The Hall–Kier alpha value is -1.39. The smallest absolute Gasteiger partial charge is 0.129 e. The van der Waals surface area contributed by atoms with Crippen LogP contribution in [0.3, 0.4) is 0 Å². The van der Waals surface area contributed by atoms with E-state index >= 15 is 0 Å². The molecule has 2 nitrogen and oxygen atoms in total. The van der Waals surface area contributed by atoms with Crippen LogP contribution in [0, 0.1) is 5.82 Å². The lowest BCUT2D eigenvalue weighted by atomic mass is 9.99. The molecule has 19 heavy (non-hydrogen) atoms. The average Bonchev–Trinajstić information content (AvgIpc) is 2.39. The molecule has 2 N–H and O–H groups in total. The number of halogens is 2. The van der Waals surface area contributed by atoms with Crippen molar-refractivity contribution >= 4 is 15.9 Å². The van der Waals surface area contributed by atoms with Gasteiger partial charge in [-0.1, -0.05) is 34.1 Å². The topological polar surface area (TPSA) is 35.2 Å². The van der Waals surface area contributed by atoms with Crippen LogP contribution in [0.4, 0.5) is 4.39 Å². The van der Waals surface area contributed by atoms with Crippen molar-refractivity contribution in [1.29, 1.82) is 0 Å². The number of rotatable bonds is 4. The van der Waals surface area contributed by atoms with Gasteiger partial charge in [0.05, 0.1) is 12.6 Å². The highest BCUT2D eigenvalue weighted by Crippen LogP contribution is 2.29. The second kappa shape index (κ2) is 6.17. The molecule has 2 aromatic carbocycles. The monoisotopic (exact) mass is 323 g/mol. The van der Waals surface area contributed by atoms with Crippen LogP contribution in [0.5, 0.6) is 5.75 Å². The maximum atomic E-state index is 13.9. The van der Waals surface area contributed by atoms with Gasteiger partial charge in [0.1, 0.15) is 11.6 Å². The number of hydrogen-bond acceptors (Lipinski definition) is 2.